The van der Waals surface area contributed by atoms with Crippen molar-refractivity contribution in [1.82, 2.24) is 15.1 Å². The van der Waals surface area contributed by atoms with Gasteiger partial charge in [-0.15, -0.1) is 0 Å². The summed E-state index contributed by atoms with van der Waals surface area (Å²) in [7, 11) is 0.856. The molecule has 2 unspecified atom stereocenters. The fraction of sp³-hybridized carbons (Fsp3) is 0.769. The number of sulfone groups is 1. The summed E-state index contributed by atoms with van der Waals surface area (Å²) in [4.78, 5) is 0. The molecule has 6 heteroatoms. The van der Waals surface area contributed by atoms with E-state index in [2.05, 4.69) is 10.4 Å². The maximum atomic E-state index is 12.2. The van der Waals surface area contributed by atoms with Gasteiger partial charge >= 0.3 is 0 Å². The zero-order valence-corrected chi connectivity index (χ0v) is 12.5. The largest absolute Gasteiger partial charge is 0.316 e. The number of aryl methyl sites for hydroxylation is 2. The molecule has 2 rings (SSSR count). The summed E-state index contributed by atoms with van der Waals surface area (Å²) < 4.78 is 26.2. The van der Waals surface area contributed by atoms with Crippen molar-refractivity contribution < 1.29 is 8.42 Å². The van der Waals surface area contributed by atoms with E-state index in [1.165, 1.54) is 0 Å². The summed E-state index contributed by atoms with van der Waals surface area (Å²) in [5.74, 6) is 0.349. The van der Waals surface area contributed by atoms with Gasteiger partial charge in [0.15, 0.2) is 9.84 Å². The third-order valence-corrected chi connectivity index (χ3v) is 6.43. The molecule has 0 saturated carbocycles. The molecule has 2 heterocycles. The summed E-state index contributed by atoms with van der Waals surface area (Å²) in [6.07, 6.45) is 6.10. The van der Waals surface area contributed by atoms with Crippen LogP contribution in [0.25, 0.3) is 0 Å². The van der Waals surface area contributed by atoms with E-state index in [1.807, 2.05) is 24.8 Å². The van der Waals surface area contributed by atoms with Crippen LogP contribution in [0, 0.1) is 0 Å². The van der Waals surface area contributed by atoms with Crippen molar-refractivity contribution in [2.24, 2.45) is 7.05 Å². The molecule has 1 aliphatic rings. The van der Waals surface area contributed by atoms with E-state index in [0.717, 1.165) is 37.8 Å². The standard InChI is InChI=1S/C13H23N3O2S/c1-14-12(7-6-11-8-9-15-16(11)2)13-5-3-4-10-19(13,17)18/h8-9,12-14H,3-7,10H2,1-2H3. The van der Waals surface area contributed by atoms with Crippen LogP contribution >= 0.6 is 0 Å². The van der Waals surface area contributed by atoms with Crippen LogP contribution in [0.1, 0.15) is 31.4 Å². The lowest BCUT2D eigenvalue weighted by Crippen LogP contribution is -2.45. The van der Waals surface area contributed by atoms with Crippen molar-refractivity contribution in [3.8, 4) is 0 Å². The van der Waals surface area contributed by atoms with Crippen molar-refractivity contribution in [3.63, 3.8) is 0 Å². The molecule has 0 amide bonds. The van der Waals surface area contributed by atoms with E-state index < -0.39 is 9.84 Å². The molecule has 108 valence electrons. The number of nitrogens with one attached hydrogen (secondary N) is 1. The second-order valence-corrected chi connectivity index (χ2v) is 7.62. The van der Waals surface area contributed by atoms with E-state index >= 15 is 0 Å². The van der Waals surface area contributed by atoms with Gasteiger partial charge in [-0.1, -0.05) is 6.42 Å². The Labute approximate surface area is 115 Å². The number of nitrogens with zero attached hydrogens (tertiary/aromatic N) is 2. The molecule has 1 aromatic rings. The number of hydrogen-bond acceptors (Lipinski definition) is 4. The first-order chi connectivity index (χ1) is 9.04. The van der Waals surface area contributed by atoms with Crippen LogP contribution in [-0.2, 0) is 23.3 Å². The summed E-state index contributed by atoms with van der Waals surface area (Å²) >= 11 is 0. The van der Waals surface area contributed by atoms with E-state index in [0.29, 0.717) is 5.75 Å². The minimum Gasteiger partial charge on any atom is -0.316 e. The Morgan fingerprint density at radius 3 is 2.89 bits per heavy atom. The van der Waals surface area contributed by atoms with Gasteiger partial charge in [-0.25, -0.2) is 8.42 Å². The van der Waals surface area contributed by atoms with Crippen molar-refractivity contribution in [2.45, 2.75) is 43.4 Å². The van der Waals surface area contributed by atoms with Gasteiger partial charge in [0, 0.05) is 25.0 Å². The van der Waals surface area contributed by atoms with Gasteiger partial charge in [-0.2, -0.15) is 5.10 Å². The lowest BCUT2D eigenvalue weighted by Gasteiger charge is -2.29. The quantitative estimate of drug-likeness (QED) is 0.873. The summed E-state index contributed by atoms with van der Waals surface area (Å²) in [6.45, 7) is 0. The van der Waals surface area contributed by atoms with Gasteiger partial charge in [0.2, 0.25) is 0 Å². The molecule has 0 radical (unpaired) electrons. The van der Waals surface area contributed by atoms with Crippen molar-refractivity contribution >= 4 is 9.84 Å². The summed E-state index contributed by atoms with van der Waals surface area (Å²) in [6, 6.07) is 2.03. The Hall–Kier alpha value is -0.880. The minimum absolute atomic E-state index is 0.0419. The van der Waals surface area contributed by atoms with Crippen LogP contribution in [-0.4, -0.2) is 42.3 Å². The maximum Gasteiger partial charge on any atom is 0.154 e. The molecule has 1 N–H and O–H groups in total. The molecule has 19 heavy (non-hydrogen) atoms. The smallest absolute Gasteiger partial charge is 0.154 e. The summed E-state index contributed by atoms with van der Waals surface area (Å²) in [5.41, 5.74) is 1.15. The molecule has 1 aliphatic heterocycles. The molecule has 0 aliphatic carbocycles. The minimum atomic E-state index is -2.92. The fourth-order valence-electron chi connectivity index (χ4n) is 2.90. The van der Waals surface area contributed by atoms with Crippen LogP contribution < -0.4 is 5.32 Å². The van der Waals surface area contributed by atoms with Crippen LogP contribution in [0.5, 0.6) is 0 Å². The summed E-state index contributed by atoms with van der Waals surface area (Å²) in [5, 5.41) is 7.12. The van der Waals surface area contributed by atoms with Crippen LogP contribution in [0.3, 0.4) is 0 Å². The van der Waals surface area contributed by atoms with Crippen LogP contribution in [0.15, 0.2) is 12.3 Å². The Balaban J connectivity index is 2.02. The molecule has 2 atom stereocenters. The Bertz CT molecular complexity index is 510. The highest BCUT2D eigenvalue weighted by Gasteiger charge is 2.34. The molecule has 0 bridgehead atoms. The monoisotopic (exact) mass is 285 g/mol. The van der Waals surface area contributed by atoms with E-state index in [-0.39, 0.29) is 11.3 Å². The first-order valence-electron chi connectivity index (χ1n) is 6.90. The average molecular weight is 285 g/mol. The highest BCUT2D eigenvalue weighted by atomic mass is 32.2. The number of aromatic nitrogens is 2. The predicted molar refractivity (Wildman–Crippen MR) is 75.8 cm³/mol. The number of hydrogen-bond donors (Lipinski definition) is 1. The van der Waals surface area contributed by atoms with Crippen LogP contribution in [0.4, 0.5) is 0 Å². The fourth-order valence-corrected chi connectivity index (χ4v) is 5.10. The zero-order chi connectivity index (χ0) is 13.9. The van der Waals surface area contributed by atoms with Crippen molar-refractivity contribution in [3.05, 3.63) is 18.0 Å². The Morgan fingerprint density at radius 2 is 2.32 bits per heavy atom. The third-order valence-electron chi connectivity index (χ3n) is 4.08. The lowest BCUT2D eigenvalue weighted by molar-refractivity contribution is 0.435. The molecular formula is C13H23N3O2S. The van der Waals surface area contributed by atoms with Crippen molar-refractivity contribution in [1.29, 1.82) is 0 Å². The van der Waals surface area contributed by atoms with Gasteiger partial charge in [-0.05, 0) is 38.8 Å². The van der Waals surface area contributed by atoms with Gasteiger partial charge in [0.05, 0.1) is 11.0 Å². The maximum absolute atomic E-state index is 12.2. The topological polar surface area (TPSA) is 64.0 Å². The molecule has 1 fully saturated rings. The van der Waals surface area contributed by atoms with Gasteiger partial charge in [-0.3, -0.25) is 4.68 Å². The molecule has 5 nitrogen and oxygen atoms in total. The Kier molecular flexibility index (Phi) is 4.62. The van der Waals surface area contributed by atoms with Gasteiger partial charge in [0.25, 0.3) is 0 Å². The number of rotatable bonds is 5. The van der Waals surface area contributed by atoms with E-state index in [9.17, 15) is 8.42 Å². The second kappa shape index (κ2) is 6.05. The third kappa shape index (κ3) is 3.36. The van der Waals surface area contributed by atoms with E-state index in [4.69, 9.17) is 0 Å². The predicted octanol–water partition coefficient (Wildman–Crippen LogP) is 0.908. The lowest BCUT2D eigenvalue weighted by atomic mass is 10.0. The highest BCUT2D eigenvalue weighted by Crippen LogP contribution is 2.24. The van der Waals surface area contributed by atoms with Crippen molar-refractivity contribution in [2.75, 3.05) is 12.8 Å². The highest BCUT2D eigenvalue weighted by molar-refractivity contribution is 7.92. The SMILES string of the molecule is CNC(CCc1ccnn1C)C1CCCCS1(=O)=O. The Morgan fingerprint density at radius 1 is 1.53 bits per heavy atom. The van der Waals surface area contributed by atoms with E-state index in [1.54, 1.807) is 6.20 Å². The molecule has 1 saturated heterocycles. The molecule has 0 aromatic carbocycles. The van der Waals surface area contributed by atoms with Crippen LogP contribution in [0.2, 0.25) is 0 Å². The second-order valence-electron chi connectivity index (χ2n) is 5.28. The average Bonchev–Trinajstić information content (AvgIpc) is 2.77. The molecule has 1 aromatic heterocycles. The molecule has 0 spiro atoms. The van der Waals surface area contributed by atoms with Gasteiger partial charge in [0.1, 0.15) is 0 Å². The normalized spacial score (nSPS) is 24.2. The first kappa shape index (κ1) is 14.5. The van der Waals surface area contributed by atoms with Gasteiger partial charge < -0.3 is 5.32 Å². The zero-order valence-electron chi connectivity index (χ0n) is 11.7. The first-order valence-corrected chi connectivity index (χ1v) is 8.62. The molecular weight excluding hydrogens is 262 g/mol.